The maximum absolute atomic E-state index is 12.1. The predicted octanol–water partition coefficient (Wildman–Crippen LogP) is 3.22. The van der Waals surface area contributed by atoms with Crippen molar-refractivity contribution in [3.05, 3.63) is 24.0 Å². The molecule has 22 heavy (non-hydrogen) atoms. The maximum Gasteiger partial charge on any atom is 0.241 e. The summed E-state index contributed by atoms with van der Waals surface area (Å²) >= 11 is 0. The lowest BCUT2D eigenvalue weighted by Crippen LogP contribution is -2.36. The molecule has 5 heteroatoms. The zero-order chi connectivity index (χ0) is 16.1. The van der Waals surface area contributed by atoms with Gasteiger partial charge in [0.25, 0.3) is 0 Å². The van der Waals surface area contributed by atoms with Crippen molar-refractivity contribution < 1.29 is 4.79 Å². The van der Waals surface area contributed by atoms with Crippen molar-refractivity contribution in [3.8, 4) is 0 Å². The van der Waals surface area contributed by atoms with E-state index in [-0.39, 0.29) is 5.91 Å². The van der Waals surface area contributed by atoms with E-state index in [0.717, 1.165) is 41.8 Å². The summed E-state index contributed by atoms with van der Waals surface area (Å²) in [4.78, 5) is 19.9. The topological polar surface area (TPSA) is 83.8 Å². The number of fused-ring (bicyclic) bond motifs is 1. The van der Waals surface area contributed by atoms with Crippen LogP contribution in [0.25, 0.3) is 11.0 Å². The van der Waals surface area contributed by atoms with Gasteiger partial charge in [-0.2, -0.15) is 0 Å². The molecule has 0 radical (unpaired) electrons. The van der Waals surface area contributed by atoms with E-state index < -0.39 is 6.04 Å². The zero-order valence-electron chi connectivity index (χ0n) is 13.6. The van der Waals surface area contributed by atoms with Gasteiger partial charge in [0.15, 0.2) is 0 Å². The average Bonchev–Trinajstić information content (AvgIpc) is 2.86. The van der Waals surface area contributed by atoms with Gasteiger partial charge in [-0.05, 0) is 37.0 Å². The zero-order valence-corrected chi connectivity index (χ0v) is 13.6. The summed E-state index contributed by atoms with van der Waals surface area (Å²) in [7, 11) is 0. The van der Waals surface area contributed by atoms with E-state index in [1.807, 2.05) is 18.2 Å². The van der Waals surface area contributed by atoms with E-state index in [4.69, 9.17) is 5.73 Å². The van der Waals surface area contributed by atoms with E-state index in [1.54, 1.807) is 0 Å². The van der Waals surface area contributed by atoms with Crippen LogP contribution in [-0.2, 0) is 11.2 Å². The third kappa shape index (κ3) is 4.31. The highest BCUT2D eigenvalue weighted by atomic mass is 16.2. The highest BCUT2D eigenvalue weighted by molar-refractivity contribution is 5.96. The fourth-order valence-electron chi connectivity index (χ4n) is 2.45. The van der Waals surface area contributed by atoms with Gasteiger partial charge in [0.1, 0.15) is 5.82 Å². The Labute approximate surface area is 131 Å². The number of aromatic amines is 1. The van der Waals surface area contributed by atoms with E-state index in [2.05, 4.69) is 36.1 Å². The number of imidazole rings is 1. The van der Waals surface area contributed by atoms with E-state index in [9.17, 15) is 4.79 Å². The summed E-state index contributed by atoms with van der Waals surface area (Å²) in [5.74, 6) is 1.26. The van der Waals surface area contributed by atoms with Crippen molar-refractivity contribution in [1.82, 2.24) is 9.97 Å². The van der Waals surface area contributed by atoms with Crippen LogP contribution in [0.2, 0.25) is 0 Å². The number of nitrogens with two attached hydrogens (primary N) is 1. The fourth-order valence-corrected chi connectivity index (χ4v) is 2.45. The smallest absolute Gasteiger partial charge is 0.241 e. The number of H-pyrrole nitrogens is 1. The molecule has 0 saturated heterocycles. The molecule has 0 unspecified atom stereocenters. The van der Waals surface area contributed by atoms with Crippen LogP contribution in [-0.4, -0.2) is 21.9 Å². The Morgan fingerprint density at radius 2 is 2.18 bits per heavy atom. The minimum Gasteiger partial charge on any atom is -0.342 e. The quantitative estimate of drug-likeness (QED) is 0.734. The lowest BCUT2D eigenvalue weighted by Gasteiger charge is -2.14. The molecule has 5 nitrogen and oxygen atoms in total. The number of aromatic nitrogens is 2. The van der Waals surface area contributed by atoms with Crippen molar-refractivity contribution in [1.29, 1.82) is 0 Å². The first-order valence-corrected chi connectivity index (χ1v) is 8.04. The molecule has 0 spiro atoms. The number of amides is 1. The van der Waals surface area contributed by atoms with Gasteiger partial charge < -0.3 is 16.0 Å². The van der Waals surface area contributed by atoms with Crippen LogP contribution in [0.5, 0.6) is 0 Å². The average molecular weight is 302 g/mol. The minimum absolute atomic E-state index is 0.140. The summed E-state index contributed by atoms with van der Waals surface area (Å²) in [6, 6.07) is 5.23. The second-order valence-electron chi connectivity index (χ2n) is 6.24. The molecule has 0 fully saturated rings. The fraction of sp³-hybridized carbons (Fsp3) is 0.529. The molecule has 1 aromatic carbocycles. The number of carbonyl (C=O) groups is 1. The van der Waals surface area contributed by atoms with Gasteiger partial charge in [-0.1, -0.05) is 27.2 Å². The molecule has 1 amide bonds. The normalized spacial score (nSPS) is 12.8. The van der Waals surface area contributed by atoms with Crippen LogP contribution in [0.1, 0.15) is 45.9 Å². The number of hydrogen-bond acceptors (Lipinski definition) is 3. The van der Waals surface area contributed by atoms with Gasteiger partial charge in [-0.15, -0.1) is 0 Å². The SMILES string of the molecule is CCCCc1nc2ccc(NC(=O)[C@@H](N)CC(C)C)cc2[nH]1. The van der Waals surface area contributed by atoms with Crippen LogP contribution in [0.4, 0.5) is 5.69 Å². The van der Waals surface area contributed by atoms with Crippen LogP contribution < -0.4 is 11.1 Å². The third-order valence-electron chi connectivity index (χ3n) is 3.63. The summed E-state index contributed by atoms with van der Waals surface area (Å²) in [5, 5.41) is 2.88. The molecule has 0 saturated carbocycles. The van der Waals surface area contributed by atoms with E-state index in [1.165, 1.54) is 0 Å². The molecule has 2 rings (SSSR count). The molecule has 4 N–H and O–H groups in total. The molecule has 0 aliphatic rings. The summed E-state index contributed by atoms with van der Waals surface area (Å²) in [5.41, 5.74) is 8.53. The van der Waals surface area contributed by atoms with Gasteiger partial charge in [0.05, 0.1) is 17.1 Å². The Hall–Kier alpha value is -1.88. The first-order valence-electron chi connectivity index (χ1n) is 8.04. The number of anilines is 1. The van der Waals surface area contributed by atoms with Crippen LogP contribution in [0.3, 0.4) is 0 Å². The number of carbonyl (C=O) groups excluding carboxylic acids is 1. The molecule has 1 heterocycles. The first-order chi connectivity index (χ1) is 10.5. The molecule has 0 bridgehead atoms. The molecule has 0 aliphatic heterocycles. The van der Waals surface area contributed by atoms with Gasteiger partial charge in [0, 0.05) is 12.1 Å². The van der Waals surface area contributed by atoms with Crippen molar-refractivity contribution >= 4 is 22.6 Å². The van der Waals surface area contributed by atoms with E-state index in [0.29, 0.717) is 12.3 Å². The highest BCUT2D eigenvalue weighted by Crippen LogP contribution is 2.18. The molecule has 1 atom stereocenters. The Morgan fingerprint density at radius 1 is 1.41 bits per heavy atom. The minimum atomic E-state index is -0.474. The molecular weight excluding hydrogens is 276 g/mol. The number of hydrogen-bond donors (Lipinski definition) is 3. The molecule has 120 valence electrons. The number of aryl methyl sites for hydroxylation is 1. The van der Waals surface area contributed by atoms with Crippen molar-refractivity contribution in [2.45, 2.75) is 52.5 Å². The maximum atomic E-state index is 12.1. The van der Waals surface area contributed by atoms with Crippen molar-refractivity contribution in [2.24, 2.45) is 11.7 Å². The summed E-state index contributed by atoms with van der Waals surface area (Å²) < 4.78 is 0. The number of unbranched alkanes of at least 4 members (excludes halogenated alkanes) is 1. The van der Waals surface area contributed by atoms with Crippen LogP contribution in [0.15, 0.2) is 18.2 Å². The Morgan fingerprint density at radius 3 is 2.86 bits per heavy atom. The molecule has 1 aromatic heterocycles. The molecule has 0 aliphatic carbocycles. The monoisotopic (exact) mass is 302 g/mol. The van der Waals surface area contributed by atoms with Gasteiger partial charge in [-0.3, -0.25) is 4.79 Å². The predicted molar refractivity (Wildman–Crippen MR) is 90.8 cm³/mol. The second kappa shape index (κ2) is 7.40. The first kappa shape index (κ1) is 16.5. The highest BCUT2D eigenvalue weighted by Gasteiger charge is 2.15. The lowest BCUT2D eigenvalue weighted by atomic mass is 10.0. The second-order valence-corrected chi connectivity index (χ2v) is 6.24. The van der Waals surface area contributed by atoms with Crippen LogP contribution >= 0.6 is 0 Å². The molecular formula is C17H26N4O. The largest absolute Gasteiger partial charge is 0.342 e. The number of nitrogens with zero attached hydrogens (tertiary/aromatic N) is 1. The number of benzene rings is 1. The Bertz CT molecular complexity index is 633. The Kier molecular flexibility index (Phi) is 5.55. The van der Waals surface area contributed by atoms with Crippen molar-refractivity contribution in [3.63, 3.8) is 0 Å². The van der Waals surface area contributed by atoms with Crippen molar-refractivity contribution in [2.75, 3.05) is 5.32 Å². The standard InChI is InChI=1S/C17H26N4O/c1-4-5-6-16-20-14-8-7-12(10-15(14)21-16)19-17(22)13(18)9-11(2)3/h7-8,10-11,13H,4-6,9,18H2,1-3H3,(H,19,22)(H,20,21)/t13-/m0/s1. The third-order valence-corrected chi connectivity index (χ3v) is 3.63. The van der Waals surface area contributed by atoms with Gasteiger partial charge in [0.2, 0.25) is 5.91 Å². The van der Waals surface area contributed by atoms with Gasteiger partial charge >= 0.3 is 0 Å². The number of rotatable bonds is 7. The van der Waals surface area contributed by atoms with Crippen LogP contribution in [0, 0.1) is 5.92 Å². The molecule has 2 aromatic rings. The van der Waals surface area contributed by atoms with Gasteiger partial charge in [-0.25, -0.2) is 4.98 Å². The lowest BCUT2D eigenvalue weighted by molar-refractivity contribution is -0.117. The number of nitrogens with one attached hydrogen (secondary N) is 2. The summed E-state index contributed by atoms with van der Waals surface area (Å²) in [6.45, 7) is 6.28. The summed E-state index contributed by atoms with van der Waals surface area (Å²) in [6.07, 6.45) is 3.89. The Balaban J connectivity index is 2.07. The van der Waals surface area contributed by atoms with E-state index >= 15 is 0 Å².